The van der Waals surface area contributed by atoms with Gasteiger partial charge in [0.2, 0.25) is 0 Å². The summed E-state index contributed by atoms with van der Waals surface area (Å²) in [5.74, 6) is -0.318. The standard InChI is InChI=1S/C22H21F2N3/c23-14-5-6-19-17(13-14)15-7-10-27-21(16-3-1-2-4-18(16)24)26-11-8-22(27,9-12-26)20(15)25-19/h1-6,13,21,25H,7-12H2/t21-/m0/s1. The molecule has 0 saturated carbocycles. The lowest BCUT2D eigenvalue weighted by Crippen LogP contribution is -2.66. The van der Waals surface area contributed by atoms with Crippen molar-refractivity contribution >= 4 is 10.9 Å². The van der Waals surface area contributed by atoms with Gasteiger partial charge in [0, 0.05) is 41.8 Å². The van der Waals surface area contributed by atoms with Crippen LogP contribution < -0.4 is 0 Å². The highest BCUT2D eigenvalue weighted by Gasteiger charge is 2.55. The Balaban J connectivity index is 1.54. The first kappa shape index (κ1) is 15.8. The van der Waals surface area contributed by atoms with Crippen LogP contribution in [0.4, 0.5) is 8.78 Å². The number of hydrogen-bond donors (Lipinski definition) is 1. The minimum atomic E-state index is -0.188. The van der Waals surface area contributed by atoms with E-state index in [0.717, 1.165) is 55.4 Å². The van der Waals surface area contributed by atoms with Crippen molar-refractivity contribution in [3.63, 3.8) is 0 Å². The first-order valence-corrected chi connectivity index (χ1v) is 9.73. The molecule has 2 aromatic carbocycles. The largest absolute Gasteiger partial charge is 0.357 e. The molecule has 0 radical (unpaired) electrons. The molecular weight excluding hydrogens is 344 g/mol. The van der Waals surface area contributed by atoms with E-state index < -0.39 is 0 Å². The van der Waals surface area contributed by atoms with Gasteiger partial charge >= 0.3 is 0 Å². The molecule has 0 unspecified atom stereocenters. The van der Waals surface area contributed by atoms with Crippen LogP contribution in [-0.4, -0.2) is 34.4 Å². The van der Waals surface area contributed by atoms with Crippen LogP contribution in [0.1, 0.15) is 35.8 Å². The molecule has 3 saturated heterocycles. The SMILES string of the molecule is Fc1ccc2[nH]c3c(c2c1)CCN1[C@@H](c2ccccc2F)N2CCC31CC2. The van der Waals surface area contributed by atoms with Crippen molar-refractivity contribution in [1.82, 2.24) is 14.8 Å². The Morgan fingerprint density at radius 3 is 2.63 bits per heavy atom. The third kappa shape index (κ3) is 2.01. The maximum Gasteiger partial charge on any atom is 0.129 e. The van der Waals surface area contributed by atoms with Crippen LogP contribution >= 0.6 is 0 Å². The predicted octanol–water partition coefficient (Wildman–Crippen LogP) is 4.31. The summed E-state index contributed by atoms with van der Waals surface area (Å²) in [7, 11) is 0. The fourth-order valence-corrected chi connectivity index (χ4v) is 5.74. The minimum absolute atomic E-state index is 0.0231. The number of rotatable bonds is 1. The molecule has 4 aliphatic heterocycles. The second kappa shape index (κ2) is 5.40. The highest BCUT2D eigenvalue weighted by molar-refractivity contribution is 5.85. The van der Waals surface area contributed by atoms with Gasteiger partial charge in [-0.05, 0) is 49.1 Å². The number of fused-ring (bicyclic) bond motifs is 5. The van der Waals surface area contributed by atoms with Crippen molar-refractivity contribution in [2.75, 3.05) is 19.6 Å². The highest BCUT2D eigenvalue weighted by atomic mass is 19.1. The van der Waals surface area contributed by atoms with Crippen LogP contribution in [0.3, 0.4) is 0 Å². The first-order chi connectivity index (χ1) is 13.2. The van der Waals surface area contributed by atoms with Crippen molar-refractivity contribution in [2.24, 2.45) is 0 Å². The molecule has 2 bridgehead atoms. The number of hydrogen-bond acceptors (Lipinski definition) is 2. The van der Waals surface area contributed by atoms with Crippen LogP contribution in [0, 0.1) is 11.6 Å². The van der Waals surface area contributed by atoms with Gasteiger partial charge in [0.25, 0.3) is 0 Å². The topological polar surface area (TPSA) is 22.3 Å². The van der Waals surface area contributed by atoms with Gasteiger partial charge in [-0.2, -0.15) is 0 Å². The Hall–Kier alpha value is -2.24. The quantitative estimate of drug-likeness (QED) is 0.694. The Morgan fingerprint density at radius 1 is 1.00 bits per heavy atom. The summed E-state index contributed by atoms with van der Waals surface area (Å²) in [6.45, 7) is 2.78. The van der Waals surface area contributed by atoms with Crippen LogP contribution in [0.5, 0.6) is 0 Å². The van der Waals surface area contributed by atoms with Crippen LogP contribution in [-0.2, 0) is 12.0 Å². The molecular formula is C22H21F2N3. The fraction of sp³-hybridized carbons (Fsp3) is 0.364. The van der Waals surface area contributed by atoms with Gasteiger partial charge in [0.1, 0.15) is 11.6 Å². The second-order valence-electron chi connectivity index (χ2n) is 8.07. The van der Waals surface area contributed by atoms with E-state index in [9.17, 15) is 8.78 Å². The van der Waals surface area contributed by atoms with Crippen molar-refractivity contribution in [1.29, 1.82) is 0 Å². The van der Waals surface area contributed by atoms with E-state index in [1.54, 1.807) is 18.2 Å². The molecule has 27 heavy (non-hydrogen) atoms. The molecule has 7 rings (SSSR count). The number of aromatic nitrogens is 1. The van der Waals surface area contributed by atoms with E-state index in [4.69, 9.17) is 0 Å². The zero-order chi connectivity index (χ0) is 18.2. The van der Waals surface area contributed by atoms with E-state index in [1.807, 2.05) is 18.2 Å². The van der Waals surface area contributed by atoms with Gasteiger partial charge in [-0.25, -0.2) is 8.78 Å². The second-order valence-corrected chi connectivity index (χ2v) is 8.07. The van der Waals surface area contributed by atoms with E-state index in [2.05, 4.69) is 14.8 Å². The molecule has 1 atom stereocenters. The minimum Gasteiger partial charge on any atom is -0.357 e. The van der Waals surface area contributed by atoms with Gasteiger partial charge in [-0.1, -0.05) is 18.2 Å². The van der Waals surface area contributed by atoms with Gasteiger partial charge in [-0.15, -0.1) is 0 Å². The van der Waals surface area contributed by atoms with E-state index in [1.165, 1.54) is 17.3 Å². The molecule has 5 heterocycles. The first-order valence-electron chi connectivity index (χ1n) is 9.73. The lowest BCUT2D eigenvalue weighted by atomic mass is 9.73. The molecule has 1 N–H and O–H groups in total. The number of aromatic amines is 1. The van der Waals surface area contributed by atoms with Crippen molar-refractivity contribution in [3.05, 3.63) is 70.9 Å². The molecule has 3 fully saturated rings. The highest BCUT2D eigenvalue weighted by Crippen LogP contribution is 2.54. The lowest BCUT2D eigenvalue weighted by Gasteiger charge is -2.62. The van der Waals surface area contributed by atoms with Crippen molar-refractivity contribution in [3.8, 4) is 0 Å². The third-order valence-electron chi connectivity index (χ3n) is 6.94. The monoisotopic (exact) mass is 365 g/mol. The fourth-order valence-electron chi connectivity index (χ4n) is 5.74. The molecule has 3 aromatic rings. The summed E-state index contributed by atoms with van der Waals surface area (Å²) in [5, 5.41) is 1.01. The summed E-state index contributed by atoms with van der Waals surface area (Å²) in [6, 6.07) is 12.2. The molecule has 0 amide bonds. The Morgan fingerprint density at radius 2 is 1.81 bits per heavy atom. The Kier molecular flexibility index (Phi) is 3.15. The summed E-state index contributed by atoms with van der Waals surface area (Å²) < 4.78 is 28.5. The van der Waals surface area contributed by atoms with E-state index in [-0.39, 0.29) is 23.3 Å². The molecule has 4 aliphatic rings. The van der Waals surface area contributed by atoms with Gasteiger partial charge < -0.3 is 4.98 Å². The molecule has 138 valence electrons. The van der Waals surface area contributed by atoms with E-state index >= 15 is 0 Å². The van der Waals surface area contributed by atoms with Gasteiger partial charge in [0.05, 0.1) is 11.7 Å². The van der Waals surface area contributed by atoms with Crippen LogP contribution in [0.2, 0.25) is 0 Å². The molecule has 1 spiro atoms. The molecule has 5 heteroatoms. The normalized spacial score (nSPS) is 29.7. The molecule has 1 aromatic heterocycles. The van der Waals surface area contributed by atoms with Crippen LogP contribution in [0.25, 0.3) is 10.9 Å². The molecule has 3 nitrogen and oxygen atoms in total. The third-order valence-corrected chi connectivity index (χ3v) is 6.94. The van der Waals surface area contributed by atoms with Gasteiger partial charge in [0.15, 0.2) is 0 Å². The number of nitrogens with zero attached hydrogens (tertiary/aromatic N) is 2. The average Bonchev–Trinajstić information content (AvgIpc) is 3.07. The summed E-state index contributed by atoms with van der Waals surface area (Å²) in [4.78, 5) is 8.53. The Bertz CT molecular complexity index is 1050. The zero-order valence-electron chi connectivity index (χ0n) is 15.0. The smallest absolute Gasteiger partial charge is 0.129 e. The zero-order valence-corrected chi connectivity index (χ0v) is 15.0. The average molecular weight is 365 g/mol. The lowest BCUT2D eigenvalue weighted by molar-refractivity contribution is -0.150. The summed E-state index contributed by atoms with van der Waals surface area (Å²) in [6.07, 6.45) is 2.89. The van der Waals surface area contributed by atoms with Crippen molar-refractivity contribution in [2.45, 2.75) is 31.0 Å². The number of piperidine rings is 1. The Labute approximate surface area is 156 Å². The summed E-state index contributed by atoms with van der Waals surface area (Å²) in [5.41, 5.74) is 4.16. The number of benzene rings is 2. The summed E-state index contributed by atoms with van der Waals surface area (Å²) >= 11 is 0. The van der Waals surface area contributed by atoms with Crippen LogP contribution in [0.15, 0.2) is 42.5 Å². The van der Waals surface area contributed by atoms with E-state index in [0.29, 0.717) is 0 Å². The maximum absolute atomic E-state index is 14.7. The van der Waals surface area contributed by atoms with Gasteiger partial charge in [-0.3, -0.25) is 9.80 Å². The van der Waals surface area contributed by atoms with Crippen molar-refractivity contribution < 1.29 is 8.78 Å². The number of H-pyrrole nitrogens is 1. The maximum atomic E-state index is 14.7. The number of halogens is 2. The number of nitrogens with one attached hydrogen (secondary N) is 1. The molecule has 0 aliphatic carbocycles. The predicted molar refractivity (Wildman–Crippen MR) is 100 cm³/mol.